The van der Waals surface area contributed by atoms with Crippen LogP contribution in [0.2, 0.25) is 0 Å². The molecule has 1 aromatic heterocycles. The highest BCUT2D eigenvalue weighted by molar-refractivity contribution is 5.84. The number of nitrogens with zero attached hydrogens (tertiary/aromatic N) is 3. The minimum atomic E-state index is -0.636. The van der Waals surface area contributed by atoms with Gasteiger partial charge in [0.2, 0.25) is 0 Å². The molecule has 2 N–H and O–H groups in total. The summed E-state index contributed by atoms with van der Waals surface area (Å²) in [6.45, 7) is 0. The molecule has 0 fully saturated rings. The zero-order chi connectivity index (χ0) is 15.9. The predicted octanol–water partition coefficient (Wildman–Crippen LogP) is 2.75. The lowest BCUT2D eigenvalue weighted by Crippen LogP contribution is -1.88. The average Bonchev–Trinajstić information content (AvgIpc) is 2.90. The number of aromatic hydroxyl groups is 1. The monoisotopic (exact) mass is 300 g/mol. The number of non-ortho nitro benzene ring substituents is 1. The molecule has 0 bridgehead atoms. The molecule has 9 nitrogen and oxygen atoms in total. The first-order valence-corrected chi connectivity index (χ1v) is 6.07. The van der Waals surface area contributed by atoms with Crippen molar-refractivity contribution in [2.75, 3.05) is 0 Å². The lowest BCUT2D eigenvalue weighted by atomic mass is 10.0. The highest BCUT2D eigenvalue weighted by atomic mass is 16.6. The Hall–Kier alpha value is -3.49. The molecule has 0 atom stereocenters. The maximum atomic E-state index is 10.7. The van der Waals surface area contributed by atoms with Gasteiger partial charge in [-0.15, -0.1) is 0 Å². The molecule has 0 radical (unpaired) electrons. The lowest BCUT2D eigenvalue weighted by molar-refractivity contribution is -0.393. The number of nitrogens with one attached hydrogen (secondary N) is 1. The Morgan fingerprint density at radius 1 is 1.05 bits per heavy atom. The van der Waals surface area contributed by atoms with Crippen LogP contribution in [-0.2, 0) is 0 Å². The van der Waals surface area contributed by atoms with Gasteiger partial charge in [0, 0.05) is 11.6 Å². The van der Waals surface area contributed by atoms with Crippen LogP contribution >= 0.6 is 0 Å². The van der Waals surface area contributed by atoms with Crippen LogP contribution in [0.3, 0.4) is 0 Å². The summed E-state index contributed by atoms with van der Waals surface area (Å²) in [5, 5.41) is 31.3. The topological polar surface area (TPSA) is 135 Å². The molecule has 1 heterocycles. The van der Waals surface area contributed by atoms with Gasteiger partial charge in [-0.25, -0.2) is 4.98 Å². The van der Waals surface area contributed by atoms with Crippen molar-refractivity contribution in [3.05, 3.63) is 56.6 Å². The van der Waals surface area contributed by atoms with Crippen molar-refractivity contribution in [2.24, 2.45) is 0 Å². The lowest BCUT2D eigenvalue weighted by Gasteiger charge is -2.03. The van der Waals surface area contributed by atoms with Gasteiger partial charge in [-0.2, -0.15) is 0 Å². The molecule has 0 aliphatic carbocycles. The van der Waals surface area contributed by atoms with E-state index < -0.39 is 9.85 Å². The van der Waals surface area contributed by atoms with Crippen LogP contribution < -0.4 is 0 Å². The second-order valence-corrected chi connectivity index (χ2v) is 4.51. The number of fused-ring (bicyclic) bond motifs is 1. The molecular formula is C13H8N4O5. The van der Waals surface area contributed by atoms with Crippen molar-refractivity contribution in [1.29, 1.82) is 0 Å². The first-order valence-electron chi connectivity index (χ1n) is 6.07. The van der Waals surface area contributed by atoms with Gasteiger partial charge in [-0.1, -0.05) is 11.1 Å². The standard InChI is InChI=1S/C13H8N4O5/c18-12-6-8(16(19)20)2-3-9(12)7-1-4-10-11(5-7)15-13(14-10)17(21)22/h1-6,18H,(H,14,15). The number of hydrogen-bond acceptors (Lipinski definition) is 6. The van der Waals surface area contributed by atoms with E-state index in [1.54, 1.807) is 18.2 Å². The first kappa shape index (κ1) is 13.5. The molecule has 3 rings (SSSR count). The van der Waals surface area contributed by atoms with E-state index in [4.69, 9.17) is 0 Å². The van der Waals surface area contributed by atoms with Crippen LogP contribution in [0.25, 0.3) is 22.2 Å². The van der Waals surface area contributed by atoms with Crippen LogP contribution in [0.15, 0.2) is 36.4 Å². The van der Waals surface area contributed by atoms with Crippen molar-refractivity contribution in [3.63, 3.8) is 0 Å². The number of aromatic amines is 1. The number of aromatic nitrogens is 2. The van der Waals surface area contributed by atoms with Crippen molar-refractivity contribution in [3.8, 4) is 16.9 Å². The maximum absolute atomic E-state index is 10.7. The third-order valence-electron chi connectivity index (χ3n) is 3.15. The fraction of sp³-hybridized carbons (Fsp3) is 0. The second-order valence-electron chi connectivity index (χ2n) is 4.51. The number of nitro benzene ring substituents is 1. The van der Waals surface area contributed by atoms with E-state index in [2.05, 4.69) is 9.97 Å². The zero-order valence-corrected chi connectivity index (χ0v) is 10.9. The van der Waals surface area contributed by atoms with Gasteiger partial charge in [0.15, 0.2) is 5.52 Å². The number of phenolic OH excluding ortho intramolecular Hbond substituents is 1. The van der Waals surface area contributed by atoms with Gasteiger partial charge in [-0.3, -0.25) is 10.1 Å². The Morgan fingerprint density at radius 2 is 1.82 bits per heavy atom. The minimum Gasteiger partial charge on any atom is -0.507 e. The summed E-state index contributed by atoms with van der Waals surface area (Å²) in [4.78, 5) is 26.5. The molecule has 0 saturated carbocycles. The summed E-state index contributed by atoms with van der Waals surface area (Å²) in [7, 11) is 0. The molecular weight excluding hydrogens is 292 g/mol. The highest BCUT2D eigenvalue weighted by Gasteiger charge is 2.16. The Kier molecular flexibility index (Phi) is 2.95. The van der Waals surface area contributed by atoms with Crippen LogP contribution in [0.1, 0.15) is 0 Å². The van der Waals surface area contributed by atoms with Gasteiger partial charge >= 0.3 is 5.95 Å². The van der Waals surface area contributed by atoms with E-state index in [9.17, 15) is 25.3 Å². The van der Waals surface area contributed by atoms with Gasteiger partial charge in [0.1, 0.15) is 11.3 Å². The molecule has 110 valence electrons. The van der Waals surface area contributed by atoms with E-state index in [0.29, 0.717) is 22.2 Å². The smallest absolute Gasteiger partial charge is 0.433 e. The minimum absolute atomic E-state index is 0.224. The molecule has 0 saturated heterocycles. The molecule has 9 heteroatoms. The third-order valence-corrected chi connectivity index (χ3v) is 3.15. The quantitative estimate of drug-likeness (QED) is 0.564. The van der Waals surface area contributed by atoms with Crippen molar-refractivity contribution < 1.29 is 15.0 Å². The number of benzene rings is 2. The summed E-state index contributed by atoms with van der Waals surface area (Å²) in [5.74, 6) is -0.626. The number of rotatable bonds is 3. The summed E-state index contributed by atoms with van der Waals surface area (Å²) < 4.78 is 0. The molecule has 0 amide bonds. The van der Waals surface area contributed by atoms with Crippen molar-refractivity contribution in [2.45, 2.75) is 0 Å². The summed E-state index contributed by atoms with van der Waals surface area (Å²) in [6, 6.07) is 8.50. The molecule has 0 spiro atoms. The average molecular weight is 300 g/mol. The second kappa shape index (κ2) is 4.81. The third kappa shape index (κ3) is 2.20. The fourth-order valence-electron chi connectivity index (χ4n) is 2.12. The largest absolute Gasteiger partial charge is 0.507 e. The molecule has 3 aromatic rings. The number of nitro groups is 2. The SMILES string of the molecule is O=[N+]([O-])c1ccc(-c2ccc3[nH]c([N+](=O)[O-])nc3c2)c(O)c1. The summed E-state index contributed by atoms with van der Waals surface area (Å²) in [5.41, 5.74) is 1.54. The number of imidazole rings is 1. The van der Waals surface area contributed by atoms with Crippen molar-refractivity contribution in [1.82, 2.24) is 9.97 Å². The number of H-pyrrole nitrogens is 1. The first-order chi connectivity index (χ1) is 10.5. The van der Waals surface area contributed by atoms with E-state index in [1.807, 2.05) is 0 Å². The zero-order valence-electron chi connectivity index (χ0n) is 10.9. The molecule has 0 aliphatic rings. The number of hydrogen-bond donors (Lipinski definition) is 2. The predicted molar refractivity (Wildman–Crippen MR) is 76.5 cm³/mol. The fourth-order valence-corrected chi connectivity index (χ4v) is 2.12. The molecule has 0 aliphatic heterocycles. The van der Waals surface area contributed by atoms with Crippen LogP contribution in [0.4, 0.5) is 11.6 Å². The van der Waals surface area contributed by atoms with Gasteiger partial charge < -0.3 is 15.2 Å². The Balaban J connectivity index is 2.10. The van der Waals surface area contributed by atoms with E-state index in [1.165, 1.54) is 12.1 Å². The van der Waals surface area contributed by atoms with E-state index in [0.717, 1.165) is 6.07 Å². The highest BCUT2D eigenvalue weighted by Crippen LogP contribution is 2.33. The molecule has 2 aromatic carbocycles. The van der Waals surface area contributed by atoms with Gasteiger partial charge in [0.25, 0.3) is 5.69 Å². The van der Waals surface area contributed by atoms with E-state index in [-0.39, 0.29) is 17.4 Å². The summed E-state index contributed by atoms with van der Waals surface area (Å²) in [6.07, 6.45) is 0. The Morgan fingerprint density at radius 3 is 2.45 bits per heavy atom. The molecule has 0 unspecified atom stereocenters. The normalized spacial score (nSPS) is 10.7. The van der Waals surface area contributed by atoms with Crippen LogP contribution in [-0.4, -0.2) is 24.9 Å². The number of phenols is 1. The van der Waals surface area contributed by atoms with E-state index >= 15 is 0 Å². The van der Waals surface area contributed by atoms with Crippen LogP contribution in [0, 0.1) is 20.2 Å². The van der Waals surface area contributed by atoms with Crippen molar-refractivity contribution >= 4 is 22.7 Å². The Bertz CT molecular complexity index is 918. The Labute approximate surface area is 122 Å². The maximum Gasteiger partial charge on any atom is 0.433 e. The van der Waals surface area contributed by atoms with Crippen LogP contribution in [0.5, 0.6) is 5.75 Å². The molecule has 22 heavy (non-hydrogen) atoms. The van der Waals surface area contributed by atoms with Gasteiger partial charge in [-0.05, 0) is 28.7 Å². The summed E-state index contributed by atoms with van der Waals surface area (Å²) >= 11 is 0. The van der Waals surface area contributed by atoms with Gasteiger partial charge in [0.05, 0.1) is 11.0 Å².